The van der Waals surface area contributed by atoms with Crippen molar-refractivity contribution in [3.05, 3.63) is 42.1 Å². The molecule has 5 N–H and O–H groups in total. The summed E-state index contributed by atoms with van der Waals surface area (Å²) in [6, 6.07) is 4.77. The molecule has 2 heterocycles. The van der Waals surface area contributed by atoms with E-state index in [1.165, 1.54) is 0 Å². The van der Waals surface area contributed by atoms with Crippen molar-refractivity contribution >= 4 is 11.7 Å². The van der Waals surface area contributed by atoms with Gasteiger partial charge in [-0.05, 0) is 19.1 Å². The van der Waals surface area contributed by atoms with Gasteiger partial charge in [0.25, 0.3) is 5.91 Å². The van der Waals surface area contributed by atoms with Gasteiger partial charge in [0.2, 0.25) is 0 Å². The standard InChI is InChI=1S/C11H14N6O/c1-7(10-13-5-6-14-10)15-11(18)8-3-2-4-9(16-8)17-12/h2-7H,12H2,1H3,(H,13,14)(H,15,18)(H,16,17). The number of amides is 1. The summed E-state index contributed by atoms with van der Waals surface area (Å²) >= 11 is 0. The summed E-state index contributed by atoms with van der Waals surface area (Å²) in [5, 5.41) is 2.79. The highest BCUT2D eigenvalue weighted by molar-refractivity contribution is 5.92. The van der Waals surface area contributed by atoms with Gasteiger partial charge in [0.15, 0.2) is 0 Å². The minimum atomic E-state index is -0.281. The molecule has 0 fully saturated rings. The first-order chi connectivity index (χ1) is 8.70. The lowest BCUT2D eigenvalue weighted by Crippen LogP contribution is -2.28. The Kier molecular flexibility index (Phi) is 3.54. The van der Waals surface area contributed by atoms with Crippen LogP contribution in [0.15, 0.2) is 30.6 Å². The Morgan fingerprint density at radius 3 is 3.00 bits per heavy atom. The number of aromatic nitrogens is 3. The molecule has 0 radical (unpaired) electrons. The zero-order valence-corrected chi connectivity index (χ0v) is 9.84. The zero-order chi connectivity index (χ0) is 13.0. The number of nitrogens with one attached hydrogen (secondary N) is 3. The summed E-state index contributed by atoms with van der Waals surface area (Å²) in [4.78, 5) is 23.0. The molecule has 0 aliphatic rings. The van der Waals surface area contributed by atoms with E-state index < -0.39 is 0 Å². The van der Waals surface area contributed by atoms with E-state index in [1.807, 2.05) is 6.92 Å². The molecule has 0 saturated carbocycles. The molecular formula is C11H14N6O. The first-order valence-electron chi connectivity index (χ1n) is 5.44. The fourth-order valence-corrected chi connectivity index (χ4v) is 1.49. The highest BCUT2D eigenvalue weighted by Crippen LogP contribution is 2.08. The van der Waals surface area contributed by atoms with Crippen LogP contribution in [0.1, 0.15) is 29.3 Å². The second-order valence-electron chi connectivity index (χ2n) is 3.72. The second-order valence-corrected chi connectivity index (χ2v) is 3.72. The predicted octanol–water partition coefficient (Wildman–Crippen LogP) is 0.581. The number of hydrogen-bond acceptors (Lipinski definition) is 5. The number of carbonyl (C=O) groups excluding carboxylic acids is 1. The van der Waals surface area contributed by atoms with Crippen molar-refractivity contribution in [3.63, 3.8) is 0 Å². The topological polar surface area (TPSA) is 109 Å². The van der Waals surface area contributed by atoms with Crippen LogP contribution in [0.4, 0.5) is 5.82 Å². The highest BCUT2D eigenvalue weighted by Gasteiger charge is 2.14. The van der Waals surface area contributed by atoms with Crippen LogP contribution >= 0.6 is 0 Å². The second kappa shape index (κ2) is 5.28. The van der Waals surface area contributed by atoms with E-state index in [2.05, 4.69) is 25.7 Å². The molecule has 1 atom stereocenters. The zero-order valence-electron chi connectivity index (χ0n) is 9.84. The lowest BCUT2D eigenvalue weighted by Gasteiger charge is -2.11. The van der Waals surface area contributed by atoms with Crippen molar-refractivity contribution in [2.45, 2.75) is 13.0 Å². The van der Waals surface area contributed by atoms with Crippen molar-refractivity contribution in [2.75, 3.05) is 5.43 Å². The number of H-pyrrole nitrogens is 1. The van der Waals surface area contributed by atoms with Crippen molar-refractivity contribution in [3.8, 4) is 0 Å². The number of nitrogens with two attached hydrogens (primary N) is 1. The summed E-state index contributed by atoms with van der Waals surface area (Å²) in [7, 11) is 0. The molecule has 18 heavy (non-hydrogen) atoms. The minimum Gasteiger partial charge on any atom is -0.347 e. The van der Waals surface area contributed by atoms with Crippen molar-refractivity contribution < 1.29 is 4.79 Å². The molecule has 2 aromatic heterocycles. The molecule has 0 bridgehead atoms. The fourth-order valence-electron chi connectivity index (χ4n) is 1.49. The van der Waals surface area contributed by atoms with Crippen LogP contribution < -0.4 is 16.6 Å². The molecule has 0 aliphatic heterocycles. The Labute approximate surface area is 104 Å². The van der Waals surface area contributed by atoms with Crippen molar-refractivity contribution in [2.24, 2.45) is 5.84 Å². The third-order valence-electron chi connectivity index (χ3n) is 2.41. The summed E-state index contributed by atoms with van der Waals surface area (Å²) < 4.78 is 0. The Hall–Kier alpha value is -2.41. The maximum atomic E-state index is 11.9. The van der Waals surface area contributed by atoms with Crippen molar-refractivity contribution in [1.29, 1.82) is 0 Å². The lowest BCUT2D eigenvalue weighted by molar-refractivity contribution is 0.0933. The minimum absolute atomic E-state index is 0.219. The number of anilines is 1. The number of imidazole rings is 1. The fraction of sp³-hybridized carbons (Fsp3) is 0.182. The van der Waals surface area contributed by atoms with Crippen LogP contribution in [-0.4, -0.2) is 20.9 Å². The smallest absolute Gasteiger partial charge is 0.270 e. The Morgan fingerprint density at radius 1 is 1.50 bits per heavy atom. The van der Waals surface area contributed by atoms with Gasteiger partial charge < -0.3 is 15.7 Å². The van der Waals surface area contributed by atoms with E-state index in [0.717, 1.165) is 0 Å². The normalized spacial score (nSPS) is 11.9. The molecule has 0 aromatic carbocycles. The van der Waals surface area contributed by atoms with Gasteiger partial charge in [-0.1, -0.05) is 6.07 Å². The molecule has 0 aliphatic carbocycles. The monoisotopic (exact) mass is 246 g/mol. The molecule has 1 amide bonds. The van der Waals surface area contributed by atoms with E-state index in [4.69, 9.17) is 5.84 Å². The van der Waals surface area contributed by atoms with Crippen LogP contribution in [0.25, 0.3) is 0 Å². The number of hydrogen-bond donors (Lipinski definition) is 4. The molecule has 94 valence electrons. The highest BCUT2D eigenvalue weighted by atomic mass is 16.1. The lowest BCUT2D eigenvalue weighted by atomic mass is 10.2. The molecule has 2 rings (SSSR count). The van der Waals surface area contributed by atoms with Gasteiger partial charge in [0, 0.05) is 12.4 Å². The number of pyridine rings is 1. The molecule has 0 spiro atoms. The van der Waals surface area contributed by atoms with E-state index in [9.17, 15) is 4.79 Å². The molecule has 0 saturated heterocycles. The quantitative estimate of drug-likeness (QED) is 0.466. The molecular weight excluding hydrogens is 232 g/mol. The first kappa shape index (κ1) is 12.1. The Balaban J connectivity index is 2.07. The van der Waals surface area contributed by atoms with Crippen molar-refractivity contribution in [1.82, 2.24) is 20.3 Å². The van der Waals surface area contributed by atoms with Gasteiger partial charge in [-0.25, -0.2) is 15.8 Å². The molecule has 7 heteroatoms. The van der Waals surface area contributed by atoms with Gasteiger partial charge in [0.1, 0.15) is 17.3 Å². The largest absolute Gasteiger partial charge is 0.347 e. The summed E-state index contributed by atoms with van der Waals surface area (Å²) in [6.07, 6.45) is 3.34. The van der Waals surface area contributed by atoms with E-state index in [0.29, 0.717) is 17.3 Å². The number of rotatable bonds is 4. The molecule has 7 nitrogen and oxygen atoms in total. The van der Waals surface area contributed by atoms with Gasteiger partial charge in [0.05, 0.1) is 6.04 Å². The van der Waals surface area contributed by atoms with E-state index in [1.54, 1.807) is 30.6 Å². The van der Waals surface area contributed by atoms with Gasteiger partial charge in [-0.3, -0.25) is 4.79 Å². The predicted molar refractivity (Wildman–Crippen MR) is 66.5 cm³/mol. The average Bonchev–Trinajstić information content (AvgIpc) is 2.92. The maximum absolute atomic E-state index is 11.9. The van der Waals surface area contributed by atoms with Crippen LogP contribution in [0.2, 0.25) is 0 Å². The van der Waals surface area contributed by atoms with Gasteiger partial charge in [-0.2, -0.15) is 0 Å². The summed E-state index contributed by atoms with van der Waals surface area (Å²) in [5.41, 5.74) is 2.69. The maximum Gasteiger partial charge on any atom is 0.270 e. The number of nitrogens with zero attached hydrogens (tertiary/aromatic N) is 2. The van der Waals surface area contributed by atoms with Gasteiger partial charge >= 0.3 is 0 Å². The van der Waals surface area contributed by atoms with E-state index in [-0.39, 0.29) is 11.9 Å². The average molecular weight is 246 g/mol. The number of carbonyl (C=O) groups is 1. The first-order valence-corrected chi connectivity index (χ1v) is 5.44. The number of aromatic amines is 1. The Morgan fingerprint density at radius 2 is 2.33 bits per heavy atom. The molecule has 1 unspecified atom stereocenters. The SMILES string of the molecule is CC(NC(=O)c1cccc(NN)n1)c1ncc[nH]1. The van der Waals surface area contributed by atoms with Crippen LogP contribution in [0.3, 0.4) is 0 Å². The third kappa shape index (κ3) is 2.64. The van der Waals surface area contributed by atoms with Crippen LogP contribution in [-0.2, 0) is 0 Å². The van der Waals surface area contributed by atoms with Gasteiger partial charge in [-0.15, -0.1) is 0 Å². The Bertz CT molecular complexity index is 524. The number of nitrogen functional groups attached to an aromatic ring is 1. The van der Waals surface area contributed by atoms with Crippen LogP contribution in [0, 0.1) is 0 Å². The van der Waals surface area contributed by atoms with E-state index >= 15 is 0 Å². The van der Waals surface area contributed by atoms with Crippen LogP contribution in [0.5, 0.6) is 0 Å². The summed E-state index contributed by atoms with van der Waals surface area (Å²) in [5.74, 6) is 6.09. The molecule has 2 aromatic rings. The number of hydrazine groups is 1. The summed E-state index contributed by atoms with van der Waals surface area (Å²) in [6.45, 7) is 1.84. The third-order valence-corrected chi connectivity index (χ3v) is 2.41.